The van der Waals surface area contributed by atoms with Crippen molar-refractivity contribution >= 4 is 5.91 Å². The van der Waals surface area contributed by atoms with E-state index >= 15 is 0 Å². The molecule has 1 aromatic heterocycles. The first-order valence-electron chi connectivity index (χ1n) is 5.73. The van der Waals surface area contributed by atoms with Gasteiger partial charge >= 0.3 is 0 Å². The molecule has 18 heavy (non-hydrogen) atoms. The summed E-state index contributed by atoms with van der Waals surface area (Å²) in [6, 6.07) is 7.36. The Morgan fingerprint density at radius 1 is 1.50 bits per heavy atom. The average molecular weight is 244 g/mol. The number of benzene rings is 1. The Morgan fingerprint density at radius 3 is 3.00 bits per heavy atom. The molecule has 0 saturated carbocycles. The molecule has 5 heteroatoms. The van der Waals surface area contributed by atoms with Crippen molar-refractivity contribution in [3.05, 3.63) is 53.6 Å². The zero-order valence-electron chi connectivity index (χ0n) is 10.3. The maximum atomic E-state index is 12.2. The molecular weight excluding hydrogens is 228 g/mol. The van der Waals surface area contributed by atoms with Gasteiger partial charge in [-0.1, -0.05) is 12.1 Å². The quantitative estimate of drug-likeness (QED) is 0.847. The fraction of sp³-hybridized carbons (Fsp3) is 0.231. The highest BCUT2D eigenvalue weighted by atomic mass is 16.2. The van der Waals surface area contributed by atoms with Crippen LogP contribution < -0.4 is 5.73 Å². The second-order valence-corrected chi connectivity index (χ2v) is 4.10. The minimum Gasteiger partial charge on any atom is -0.347 e. The lowest BCUT2D eigenvalue weighted by Gasteiger charge is -2.16. The smallest absolute Gasteiger partial charge is 0.254 e. The van der Waals surface area contributed by atoms with Gasteiger partial charge in [0.25, 0.3) is 5.91 Å². The number of nitrogens with one attached hydrogen (secondary N) is 1. The minimum atomic E-state index is -0.0401. The van der Waals surface area contributed by atoms with E-state index in [1.807, 2.05) is 18.2 Å². The maximum Gasteiger partial charge on any atom is 0.254 e. The van der Waals surface area contributed by atoms with Gasteiger partial charge in [0, 0.05) is 31.5 Å². The summed E-state index contributed by atoms with van der Waals surface area (Å²) in [5.74, 6) is 0.725. The van der Waals surface area contributed by atoms with Crippen LogP contribution >= 0.6 is 0 Å². The number of hydrogen-bond donors (Lipinski definition) is 2. The van der Waals surface area contributed by atoms with Gasteiger partial charge in [0.2, 0.25) is 0 Å². The fourth-order valence-electron chi connectivity index (χ4n) is 1.73. The van der Waals surface area contributed by atoms with E-state index in [2.05, 4.69) is 9.97 Å². The number of hydrogen-bond acceptors (Lipinski definition) is 3. The summed E-state index contributed by atoms with van der Waals surface area (Å²) in [5, 5.41) is 0. The normalized spacial score (nSPS) is 10.3. The lowest BCUT2D eigenvalue weighted by Crippen LogP contribution is -2.26. The topological polar surface area (TPSA) is 75.0 Å². The minimum absolute atomic E-state index is 0.0401. The van der Waals surface area contributed by atoms with E-state index in [1.165, 1.54) is 0 Å². The molecule has 0 unspecified atom stereocenters. The number of amides is 1. The molecular formula is C13H16N4O. The average Bonchev–Trinajstić information content (AvgIpc) is 2.90. The molecule has 0 radical (unpaired) electrons. The summed E-state index contributed by atoms with van der Waals surface area (Å²) in [4.78, 5) is 20.9. The number of aromatic nitrogens is 2. The summed E-state index contributed by atoms with van der Waals surface area (Å²) >= 11 is 0. The Labute approximate surface area is 106 Å². The second-order valence-electron chi connectivity index (χ2n) is 4.10. The molecule has 1 amide bonds. The Bertz CT molecular complexity index is 522. The molecule has 5 nitrogen and oxygen atoms in total. The molecule has 0 aliphatic carbocycles. The van der Waals surface area contributed by atoms with Crippen LogP contribution in [0.4, 0.5) is 0 Å². The predicted octanol–water partition coefficient (Wildman–Crippen LogP) is 1.14. The van der Waals surface area contributed by atoms with Crippen molar-refractivity contribution < 1.29 is 4.79 Å². The first kappa shape index (κ1) is 12.3. The fourth-order valence-corrected chi connectivity index (χ4v) is 1.73. The van der Waals surface area contributed by atoms with E-state index < -0.39 is 0 Å². The SMILES string of the molecule is CN(Cc1ncc[nH]1)C(=O)c1cccc(CN)c1. The van der Waals surface area contributed by atoms with Crippen LogP contribution in [0.5, 0.6) is 0 Å². The highest BCUT2D eigenvalue weighted by Gasteiger charge is 2.12. The van der Waals surface area contributed by atoms with Crippen LogP contribution in [-0.2, 0) is 13.1 Å². The van der Waals surface area contributed by atoms with E-state index in [4.69, 9.17) is 5.73 Å². The zero-order chi connectivity index (χ0) is 13.0. The largest absolute Gasteiger partial charge is 0.347 e. The molecule has 0 bridgehead atoms. The Balaban J connectivity index is 2.10. The van der Waals surface area contributed by atoms with Crippen molar-refractivity contribution in [3.8, 4) is 0 Å². The predicted molar refractivity (Wildman–Crippen MR) is 68.7 cm³/mol. The number of nitrogens with two attached hydrogens (primary N) is 1. The maximum absolute atomic E-state index is 12.2. The molecule has 0 fully saturated rings. The number of aromatic amines is 1. The van der Waals surface area contributed by atoms with Crippen molar-refractivity contribution in [2.24, 2.45) is 5.73 Å². The van der Waals surface area contributed by atoms with Gasteiger partial charge in [-0.2, -0.15) is 0 Å². The number of nitrogens with zero attached hydrogens (tertiary/aromatic N) is 2. The summed E-state index contributed by atoms with van der Waals surface area (Å²) < 4.78 is 0. The first-order chi connectivity index (χ1) is 8.70. The van der Waals surface area contributed by atoms with Gasteiger partial charge < -0.3 is 15.6 Å². The number of carbonyl (C=O) groups excluding carboxylic acids is 1. The van der Waals surface area contributed by atoms with Gasteiger partial charge in [-0.25, -0.2) is 4.98 Å². The number of rotatable bonds is 4. The van der Waals surface area contributed by atoms with Gasteiger partial charge in [-0.15, -0.1) is 0 Å². The van der Waals surface area contributed by atoms with E-state index in [1.54, 1.807) is 30.4 Å². The molecule has 94 valence electrons. The van der Waals surface area contributed by atoms with Crippen molar-refractivity contribution in [2.45, 2.75) is 13.1 Å². The molecule has 1 heterocycles. The Hall–Kier alpha value is -2.14. The van der Waals surface area contributed by atoms with Crippen molar-refractivity contribution in [1.82, 2.24) is 14.9 Å². The number of carbonyl (C=O) groups is 1. The van der Waals surface area contributed by atoms with Gasteiger partial charge in [-0.05, 0) is 17.7 Å². The van der Waals surface area contributed by atoms with Gasteiger partial charge in [0.1, 0.15) is 5.82 Å². The summed E-state index contributed by atoms with van der Waals surface area (Å²) in [5.41, 5.74) is 7.16. The van der Waals surface area contributed by atoms with Gasteiger partial charge in [-0.3, -0.25) is 4.79 Å². The van der Waals surface area contributed by atoms with Crippen LogP contribution in [0.15, 0.2) is 36.7 Å². The molecule has 0 aliphatic rings. The monoisotopic (exact) mass is 244 g/mol. The molecule has 2 rings (SSSR count). The molecule has 1 aromatic carbocycles. The van der Waals surface area contributed by atoms with E-state index in [0.717, 1.165) is 11.4 Å². The zero-order valence-corrected chi connectivity index (χ0v) is 10.3. The number of H-pyrrole nitrogens is 1. The highest BCUT2D eigenvalue weighted by Crippen LogP contribution is 2.08. The highest BCUT2D eigenvalue weighted by molar-refractivity contribution is 5.94. The lowest BCUT2D eigenvalue weighted by molar-refractivity contribution is 0.0782. The number of imidazole rings is 1. The summed E-state index contributed by atoms with van der Waals surface area (Å²) in [6.45, 7) is 0.891. The van der Waals surface area contributed by atoms with Crippen LogP contribution in [0.25, 0.3) is 0 Å². The Kier molecular flexibility index (Phi) is 3.74. The van der Waals surface area contributed by atoms with Crippen molar-refractivity contribution in [3.63, 3.8) is 0 Å². The molecule has 3 N–H and O–H groups in total. The molecule has 0 atom stereocenters. The molecule has 2 aromatic rings. The van der Waals surface area contributed by atoms with Gasteiger partial charge in [0.15, 0.2) is 0 Å². The van der Waals surface area contributed by atoms with Crippen LogP contribution in [0.2, 0.25) is 0 Å². The van der Waals surface area contributed by atoms with Crippen LogP contribution in [-0.4, -0.2) is 27.8 Å². The van der Waals surface area contributed by atoms with Crippen LogP contribution in [0.3, 0.4) is 0 Å². The van der Waals surface area contributed by atoms with Gasteiger partial charge in [0.05, 0.1) is 6.54 Å². The third kappa shape index (κ3) is 2.75. The standard InChI is InChI=1S/C13H16N4O/c1-17(9-12-15-5-6-16-12)13(18)11-4-2-3-10(7-11)8-14/h2-7H,8-9,14H2,1H3,(H,15,16). The van der Waals surface area contributed by atoms with E-state index in [0.29, 0.717) is 18.7 Å². The third-order valence-corrected chi connectivity index (χ3v) is 2.70. The van der Waals surface area contributed by atoms with Crippen LogP contribution in [0.1, 0.15) is 21.7 Å². The van der Waals surface area contributed by atoms with E-state index in [9.17, 15) is 4.79 Å². The van der Waals surface area contributed by atoms with Crippen molar-refractivity contribution in [2.75, 3.05) is 7.05 Å². The lowest BCUT2D eigenvalue weighted by atomic mass is 10.1. The first-order valence-corrected chi connectivity index (χ1v) is 5.73. The Morgan fingerprint density at radius 2 is 2.33 bits per heavy atom. The summed E-state index contributed by atoms with van der Waals surface area (Å²) in [6.07, 6.45) is 3.41. The summed E-state index contributed by atoms with van der Waals surface area (Å²) in [7, 11) is 1.75. The van der Waals surface area contributed by atoms with Crippen molar-refractivity contribution in [1.29, 1.82) is 0 Å². The van der Waals surface area contributed by atoms with Crippen LogP contribution in [0, 0.1) is 0 Å². The molecule has 0 saturated heterocycles. The third-order valence-electron chi connectivity index (χ3n) is 2.70. The van der Waals surface area contributed by atoms with E-state index in [-0.39, 0.29) is 5.91 Å². The molecule has 0 aliphatic heterocycles. The molecule has 0 spiro atoms. The second kappa shape index (κ2) is 5.46.